The molecular weight excluding hydrogens is 432 g/mol. The molecule has 166 valence electrons. The predicted octanol–water partition coefficient (Wildman–Crippen LogP) is 5.96. The van der Waals surface area contributed by atoms with Crippen molar-refractivity contribution in [2.75, 3.05) is 12.4 Å². The third-order valence-electron chi connectivity index (χ3n) is 5.54. The van der Waals surface area contributed by atoms with Crippen molar-refractivity contribution in [3.63, 3.8) is 0 Å². The topological polar surface area (TPSA) is 69.2 Å². The van der Waals surface area contributed by atoms with Gasteiger partial charge in [-0.15, -0.1) is 10.2 Å². The number of benzene rings is 3. The van der Waals surface area contributed by atoms with Crippen LogP contribution in [-0.4, -0.2) is 22.3 Å². The van der Waals surface area contributed by atoms with Crippen molar-refractivity contribution >= 4 is 17.4 Å². The molecule has 0 aliphatic carbocycles. The van der Waals surface area contributed by atoms with Gasteiger partial charge in [0.25, 0.3) is 0 Å². The number of hydrogen-bond donors (Lipinski definition) is 1. The first-order valence-electron chi connectivity index (χ1n) is 10.7. The summed E-state index contributed by atoms with van der Waals surface area (Å²) in [7, 11) is 1.67. The van der Waals surface area contributed by atoms with Crippen LogP contribution in [0.5, 0.6) is 11.6 Å². The zero-order chi connectivity index (χ0) is 22.8. The van der Waals surface area contributed by atoms with E-state index in [1.165, 1.54) is 11.1 Å². The van der Waals surface area contributed by atoms with Gasteiger partial charge in [-0.25, -0.2) is 0 Å². The average Bonchev–Trinajstić information content (AvgIpc) is 3.00. The summed E-state index contributed by atoms with van der Waals surface area (Å²) in [4.78, 5) is 4.74. The molecule has 6 nitrogen and oxygen atoms in total. The monoisotopic (exact) mass is 456 g/mol. The van der Waals surface area contributed by atoms with Gasteiger partial charge in [0.05, 0.1) is 7.11 Å². The van der Waals surface area contributed by atoms with Gasteiger partial charge in [0.2, 0.25) is 11.0 Å². The third-order valence-corrected chi connectivity index (χ3v) is 6.45. The van der Waals surface area contributed by atoms with Gasteiger partial charge in [0.1, 0.15) is 5.75 Å². The van der Waals surface area contributed by atoms with Gasteiger partial charge in [-0.1, -0.05) is 59.8 Å². The van der Waals surface area contributed by atoms with Gasteiger partial charge in [-0.2, -0.15) is 4.98 Å². The van der Waals surface area contributed by atoms with Gasteiger partial charge in [-0.3, -0.25) is 0 Å². The Bertz CT molecular complexity index is 1290. The molecule has 0 unspecified atom stereocenters. The molecule has 5 rings (SSSR count). The maximum atomic E-state index is 6.38. The molecule has 1 atom stereocenters. The fourth-order valence-corrected chi connectivity index (χ4v) is 4.49. The van der Waals surface area contributed by atoms with Crippen molar-refractivity contribution in [1.29, 1.82) is 0 Å². The normalized spacial score (nSPS) is 14.3. The highest BCUT2D eigenvalue weighted by Gasteiger charge is 2.26. The molecule has 0 amide bonds. The summed E-state index contributed by atoms with van der Waals surface area (Å²) in [6, 6.07) is 22.5. The standard InChI is InChI=1S/C26H24N4O2S/c1-16-8-10-18(11-9-16)15-33-26-28-25-23(29-30-26)20-6-4-5-7-21(20)27-24(32-25)19-12-13-22(31-3)17(2)14-19/h4-14,24,27H,15H2,1-3H3/t24-/m0/s1. The summed E-state index contributed by atoms with van der Waals surface area (Å²) in [5.41, 5.74) is 6.93. The molecule has 0 spiro atoms. The summed E-state index contributed by atoms with van der Waals surface area (Å²) >= 11 is 1.54. The number of methoxy groups -OCH3 is 1. The lowest BCUT2D eigenvalue weighted by molar-refractivity contribution is 0.225. The first kappa shape index (κ1) is 21.3. The molecule has 2 heterocycles. The smallest absolute Gasteiger partial charge is 0.247 e. The number of aryl methyl sites for hydroxylation is 2. The number of ether oxygens (including phenoxy) is 2. The Kier molecular flexibility index (Phi) is 5.88. The van der Waals surface area contributed by atoms with E-state index in [1.54, 1.807) is 18.9 Å². The van der Waals surface area contributed by atoms with Crippen molar-refractivity contribution in [3.8, 4) is 22.9 Å². The minimum atomic E-state index is -0.427. The lowest BCUT2D eigenvalue weighted by Gasteiger charge is -2.20. The molecule has 7 heteroatoms. The highest BCUT2D eigenvalue weighted by Crippen LogP contribution is 2.40. The Morgan fingerprint density at radius 2 is 1.82 bits per heavy atom. The van der Waals surface area contributed by atoms with Crippen LogP contribution in [-0.2, 0) is 5.75 Å². The number of rotatable bonds is 5. The largest absolute Gasteiger partial charge is 0.496 e. The van der Waals surface area contributed by atoms with Gasteiger partial charge in [-0.05, 0) is 49.2 Å². The molecule has 3 aromatic carbocycles. The van der Waals surface area contributed by atoms with E-state index in [4.69, 9.17) is 14.5 Å². The van der Waals surface area contributed by atoms with E-state index in [9.17, 15) is 0 Å². The van der Waals surface area contributed by atoms with Crippen LogP contribution in [0.25, 0.3) is 11.3 Å². The Balaban J connectivity index is 1.48. The number of nitrogens with one attached hydrogen (secondary N) is 1. The maximum absolute atomic E-state index is 6.38. The van der Waals surface area contributed by atoms with E-state index >= 15 is 0 Å². The minimum absolute atomic E-state index is 0.427. The zero-order valence-electron chi connectivity index (χ0n) is 18.7. The third kappa shape index (κ3) is 4.50. The quantitative estimate of drug-likeness (QED) is 0.372. The Morgan fingerprint density at radius 1 is 1.00 bits per heavy atom. The second-order valence-electron chi connectivity index (χ2n) is 7.94. The molecule has 4 aromatic rings. The first-order chi connectivity index (χ1) is 16.1. The average molecular weight is 457 g/mol. The first-order valence-corrected chi connectivity index (χ1v) is 11.7. The number of aromatic nitrogens is 3. The van der Waals surface area contributed by atoms with Crippen LogP contribution in [0.4, 0.5) is 5.69 Å². The van der Waals surface area contributed by atoms with Crippen molar-refractivity contribution in [1.82, 2.24) is 15.2 Å². The Morgan fingerprint density at radius 3 is 2.61 bits per heavy atom. The summed E-state index contributed by atoms with van der Waals surface area (Å²) in [6.45, 7) is 4.10. The van der Waals surface area contributed by atoms with Crippen molar-refractivity contribution in [2.24, 2.45) is 0 Å². The van der Waals surface area contributed by atoms with Crippen LogP contribution in [0.3, 0.4) is 0 Å². The molecule has 1 aliphatic rings. The second-order valence-corrected chi connectivity index (χ2v) is 8.88. The van der Waals surface area contributed by atoms with Crippen molar-refractivity contribution in [2.45, 2.75) is 31.0 Å². The van der Waals surface area contributed by atoms with E-state index in [-0.39, 0.29) is 0 Å². The van der Waals surface area contributed by atoms with Gasteiger partial charge in [0, 0.05) is 22.6 Å². The van der Waals surface area contributed by atoms with E-state index in [0.29, 0.717) is 16.7 Å². The highest BCUT2D eigenvalue weighted by atomic mass is 32.2. The molecule has 1 aliphatic heterocycles. The molecule has 0 saturated heterocycles. The van der Waals surface area contributed by atoms with Crippen molar-refractivity contribution < 1.29 is 9.47 Å². The summed E-state index contributed by atoms with van der Waals surface area (Å²) in [5, 5.41) is 13.0. The molecular formula is C26H24N4O2S. The van der Waals surface area contributed by atoms with Crippen LogP contribution < -0.4 is 14.8 Å². The van der Waals surface area contributed by atoms with E-state index in [0.717, 1.165) is 33.9 Å². The van der Waals surface area contributed by atoms with Crippen LogP contribution >= 0.6 is 11.8 Å². The van der Waals surface area contributed by atoms with Gasteiger partial charge in [0.15, 0.2) is 11.9 Å². The van der Waals surface area contributed by atoms with E-state index < -0.39 is 6.23 Å². The number of fused-ring (bicyclic) bond motifs is 3. The SMILES string of the molecule is COc1ccc([C@H]2Nc3ccccc3-c3nnc(SCc4ccc(C)cc4)nc3O2)cc1C. The second kappa shape index (κ2) is 9.11. The summed E-state index contributed by atoms with van der Waals surface area (Å²) in [6.07, 6.45) is -0.427. The minimum Gasteiger partial charge on any atom is -0.496 e. The number of para-hydroxylation sites is 1. The van der Waals surface area contributed by atoms with Crippen LogP contribution in [0.1, 0.15) is 28.5 Å². The predicted molar refractivity (Wildman–Crippen MR) is 131 cm³/mol. The Hall–Kier alpha value is -3.58. The lowest BCUT2D eigenvalue weighted by atomic mass is 10.1. The van der Waals surface area contributed by atoms with E-state index in [2.05, 4.69) is 52.8 Å². The summed E-state index contributed by atoms with van der Waals surface area (Å²) < 4.78 is 11.8. The zero-order valence-corrected chi connectivity index (χ0v) is 19.5. The highest BCUT2D eigenvalue weighted by molar-refractivity contribution is 7.98. The number of nitrogens with zero attached hydrogens (tertiary/aromatic N) is 3. The van der Waals surface area contributed by atoms with Gasteiger partial charge >= 0.3 is 0 Å². The maximum Gasteiger partial charge on any atom is 0.247 e. The molecule has 0 radical (unpaired) electrons. The molecule has 0 fully saturated rings. The van der Waals surface area contributed by atoms with Crippen LogP contribution in [0.15, 0.2) is 71.9 Å². The molecule has 0 saturated carbocycles. The number of thioether (sulfide) groups is 1. The lowest BCUT2D eigenvalue weighted by Crippen LogP contribution is -2.17. The Labute approximate surface area is 197 Å². The van der Waals surface area contributed by atoms with E-state index in [1.807, 2.05) is 43.3 Å². The van der Waals surface area contributed by atoms with Crippen LogP contribution in [0.2, 0.25) is 0 Å². The summed E-state index contributed by atoms with van der Waals surface area (Å²) in [5.74, 6) is 2.07. The van der Waals surface area contributed by atoms with Crippen LogP contribution in [0, 0.1) is 13.8 Å². The van der Waals surface area contributed by atoms with Crippen molar-refractivity contribution in [3.05, 3.63) is 89.0 Å². The molecule has 0 bridgehead atoms. The number of hydrogen-bond acceptors (Lipinski definition) is 7. The molecule has 1 aromatic heterocycles. The molecule has 1 N–H and O–H groups in total. The molecule has 33 heavy (non-hydrogen) atoms. The fraction of sp³-hybridized carbons (Fsp3) is 0.192. The fourth-order valence-electron chi connectivity index (χ4n) is 3.76. The number of anilines is 1. The van der Waals surface area contributed by atoms with Gasteiger partial charge < -0.3 is 14.8 Å².